The first-order valence-electron chi connectivity index (χ1n) is 9.65. The normalized spacial score (nSPS) is 18.7. The molecule has 28 heavy (non-hydrogen) atoms. The number of hydrogen-bond donors (Lipinski definition) is 0. The second kappa shape index (κ2) is 9.14. The van der Waals surface area contributed by atoms with Crippen molar-refractivity contribution < 1.29 is 19.1 Å². The molecule has 0 radical (unpaired) electrons. The highest BCUT2D eigenvalue weighted by molar-refractivity contribution is 8.05. The van der Waals surface area contributed by atoms with E-state index < -0.39 is 25.4 Å². The summed E-state index contributed by atoms with van der Waals surface area (Å²) in [6.45, 7) is 12.4. The van der Waals surface area contributed by atoms with E-state index in [1.807, 2.05) is 24.3 Å². The molecular weight excluding hydrogens is 388 g/mol. The van der Waals surface area contributed by atoms with Crippen molar-refractivity contribution in [1.29, 1.82) is 0 Å². The fraction of sp³-hybridized carbons (Fsp3) is 0.455. The summed E-state index contributed by atoms with van der Waals surface area (Å²) < 4.78 is 10.5. The van der Waals surface area contributed by atoms with E-state index >= 15 is 0 Å². The molecule has 0 aromatic heterocycles. The Balaban J connectivity index is 2.56. The Labute approximate surface area is 173 Å². The van der Waals surface area contributed by atoms with E-state index in [2.05, 4.69) is 37.5 Å². The molecule has 1 aromatic carbocycles. The first-order valence-corrected chi connectivity index (χ1v) is 14.1. The topological polar surface area (TPSA) is 52.6 Å². The van der Waals surface area contributed by atoms with Crippen molar-refractivity contribution in [3.8, 4) is 0 Å². The third kappa shape index (κ3) is 4.97. The minimum Gasteiger partial charge on any atom is -0.465 e. The van der Waals surface area contributed by atoms with E-state index in [4.69, 9.17) is 9.47 Å². The van der Waals surface area contributed by atoms with Crippen LogP contribution in [0.3, 0.4) is 0 Å². The van der Waals surface area contributed by atoms with E-state index in [-0.39, 0.29) is 18.5 Å². The molecule has 0 saturated carbocycles. The van der Waals surface area contributed by atoms with E-state index in [0.717, 1.165) is 16.0 Å². The molecule has 6 heteroatoms. The van der Waals surface area contributed by atoms with Crippen LogP contribution in [0.15, 0.2) is 47.0 Å². The molecule has 1 aliphatic rings. The van der Waals surface area contributed by atoms with Gasteiger partial charge in [-0.05, 0) is 31.9 Å². The number of carbonyl (C=O) groups excluding carboxylic acids is 2. The number of benzene rings is 1. The first kappa shape index (κ1) is 22.5. The van der Waals surface area contributed by atoms with Gasteiger partial charge in [0.15, 0.2) is 5.41 Å². The van der Waals surface area contributed by atoms with Crippen LogP contribution in [0.5, 0.6) is 0 Å². The van der Waals surface area contributed by atoms with Gasteiger partial charge in [-0.3, -0.25) is 9.59 Å². The lowest BCUT2D eigenvalue weighted by Crippen LogP contribution is -2.46. The van der Waals surface area contributed by atoms with Gasteiger partial charge in [0.2, 0.25) is 0 Å². The van der Waals surface area contributed by atoms with Gasteiger partial charge in [-0.1, -0.05) is 61.7 Å². The van der Waals surface area contributed by atoms with Crippen LogP contribution in [0.1, 0.15) is 26.3 Å². The number of rotatable bonds is 7. The molecule has 4 nitrogen and oxygen atoms in total. The minimum atomic E-state index is -1.53. The Kier molecular flexibility index (Phi) is 7.34. The van der Waals surface area contributed by atoms with E-state index in [9.17, 15) is 9.59 Å². The maximum atomic E-state index is 12.8. The van der Waals surface area contributed by atoms with Gasteiger partial charge >= 0.3 is 11.9 Å². The molecule has 2 rings (SSSR count). The summed E-state index contributed by atoms with van der Waals surface area (Å²) in [5, 5.41) is -0.386. The predicted octanol–water partition coefficient (Wildman–Crippen LogP) is 5.08. The summed E-state index contributed by atoms with van der Waals surface area (Å²) >= 11 is 1.56. The molecule has 1 aliphatic heterocycles. The fourth-order valence-electron chi connectivity index (χ4n) is 2.99. The van der Waals surface area contributed by atoms with Crippen LogP contribution >= 0.6 is 11.8 Å². The highest BCUT2D eigenvalue weighted by Gasteiger charge is 2.52. The van der Waals surface area contributed by atoms with Crippen LogP contribution in [0.2, 0.25) is 19.6 Å². The standard InChI is InChI=1S/C22H30O4SSi/c1-7-25-20(23)22(3,21(24)26-8-2)19-14-17(16-12-10-9-11-13-16)18(27-19)15-28(4,5)6/h9-15,19H,7-8H2,1-6H3/b18-15-. The van der Waals surface area contributed by atoms with Crippen LogP contribution < -0.4 is 0 Å². The quantitative estimate of drug-likeness (QED) is 0.351. The van der Waals surface area contributed by atoms with Crippen molar-refractivity contribution in [3.63, 3.8) is 0 Å². The van der Waals surface area contributed by atoms with E-state index in [0.29, 0.717) is 0 Å². The Morgan fingerprint density at radius 3 is 2.07 bits per heavy atom. The number of hydrogen-bond acceptors (Lipinski definition) is 5. The highest BCUT2D eigenvalue weighted by Crippen LogP contribution is 2.50. The van der Waals surface area contributed by atoms with Gasteiger partial charge in [0.25, 0.3) is 0 Å². The number of esters is 2. The molecule has 1 atom stereocenters. The molecule has 0 aliphatic carbocycles. The summed E-state index contributed by atoms with van der Waals surface area (Å²) in [6, 6.07) is 10.1. The second-order valence-electron chi connectivity index (χ2n) is 8.00. The first-order chi connectivity index (χ1) is 13.1. The minimum absolute atomic E-state index is 0.220. The van der Waals surface area contributed by atoms with Crippen LogP contribution in [-0.2, 0) is 19.1 Å². The largest absolute Gasteiger partial charge is 0.465 e. The van der Waals surface area contributed by atoms with Crippen molar-refractivity contribution in [3.05, 3.63) is 52.6 Å². The Bertz CT molecular complexity index is 759. The van der Waals surface area contributed by atoms with Crippen molar-refractivity contribution in [2.45, 2.75) is 45.7 Å². The van der Waals surface area contributed by atoms with Gasteiger partial charge < -0.3 is 9.47 Å². The lowest BCUT2D eigenvalue weighted by Gasteiger charge is -2.29. The monoisotopic (exact) mass is 418 g/mol. The number of ether oxygens (including phenoxy) is 2. The Hall–Kier alpha value is -1.79. The van der Waals surface area contributed by atoms with Crippen molar-refractivity contribution in [2.75, 3.05) is 13.2 Å². The summed E-state index contributed by atoms with van der Waals surface area (Å²) in [6.07, 6.45) is 2.03. The van der Waals surface area contributed by atoms with Gasteiger partial charge in [-0.15, -0.1) is 11.8 Å². The smallest absolute Gasteiger partial charge is 0.324 e. The maximum absolute atomic E-state index is 12.8. The van der Waals surface area contributed by atoms with Crippen LogP contribution in [0.25, 0.3) is 5.57 Å². The zero-order chi connectivity index (χ0) is 20.9. The Morgan fingerprint density at radius 1 is 1.07 bits per heavy atom. The van der Waals surface area contributed by atoms with Crippen molar-refractivity contribution in [1.82, 2.24) is 0 Å². The van der Waals surface area contributed by atoms with Crippen molar-refractivity contribution in [2.24, 2.45) is 5.41 Å². The molecule has 0 amide bonds. The van der Waals surface area contributed by atoms with Gasteiger partial charge in [0.05, 0.1) is 26.5 Å². The van der Waals surface area contributed by atoms with Crippen LogP contribution in [0, 0.1) is 5.41 Å². The summed E-state index contributed by atoms with van der Waals surface area (Å²) in [4.78, 5) is 26.8. The molecule has 1 aromatic rings. The highest BCUT2D eigenvalue weighted by atomic mass is 32.2. The summed E-state index contributed by atoms with van der Waals surface area (Å²) in [5.74, 6) is -1.08. The van der Waals surface area contributed by atoms with Gasteiger partial charge in [-0.2, -0.15) is 0 Å². The van der Waals surface area contributed by atoms with Crippen molar-refractivity contribution >= 4 is 37.3 Å². The van der Waals surface area contributed by atoms with Gasteiger partial charge in [-0.25, -0.2) is 0 Å². The lowest BCUT2D eigenvalue weighted by molar-refractivity contribution is -0.169. The van der Waals surface area contributed by atoms with E-state index in [1.165, 1.54) is 0 Å². The maximum Gasteiger partial charge on any atom is 0.324 e. The number of allylic oxidation sites excluding steroid dienone is 1. The Morgan fingerprint density at radius 2 is 1.61 bits per heavy atom. The average molecular weight is 419 g/mol. The zero-order valence-corrected chi connectivity index (χ0v) is 19.4. The molecule has 152 valence electrons. The molecular formula is C22H30O4SSi. The predicted molar refractivity (Wildman–Crippen MR) is 119 cm³/mol. The third-order valence-electron chi connectivity index (χ3n) is 4.45. The summed E-state index contributed by atoms with van der Waals surface area (Å²) in [5.41, 5.74) is 3.08. The van der Waals surface area contributed by atoms with E-state index in [1.54, 1.807) is 32.5 Å². The SMILES string of the molecule is CCOC(=O)C(C)(C(=O)OCC)C1C=C(c2ccccc2)/C(=C/[Si](C)(C)C)S1. The second-order valence-corrected chi connectivity index (χ2v) is 14.2. The van der Waals surface area contributed by atoms with Crippen LogP contribution in [0.4, 0.5) is 0 Å². The fourth-order valence-corrected chi connectivity index (χ4v) is 6.48. The third-order valence-corrected chi connectivity index (χ3v) is 7.27. The van der Waals surface area contributed by atoms with Gasteiger partial charge in [0, 0.05) is 4.91 Å². The zero-order valence-electron chi connectivity index (χ0n) is 17.6. The number of thioether (sulfide) groups is 1. The molecule has 1 heterocycles. The number of carbonyl (C=O) groups is 2. The molecule has 0 spiro atoms. The molecule has 0 bridgehead atoms. The molecule has 0 N–H and O–H groups in total. The summed E-state index contributed by atoms with van der Waals surface area (Å²) in [7, 11) is -1.53. The molecule has 0 saturated heterocycles. The van der Waals surface area contributed by atoms with Crippen LogP contribution in [-0.4, -0.2) is 38.5 Å². The molecule has 0 fully saturated rings. The lowest BCUT2D eigenvalue weighted by atomic mass is 9.85. The molecule has 1 unspecified atom stereocenters. The van der Waals surface area contributed by atoms with Gasteiger partial charge in [0.1, 0.15) is 0 Å². The average Bonchev–Trinajstić information content (AvgIpc) is 3.04.